The second kappa shape index (κ2) is 4.73. The highest BCUT2D eigenvalue weighted by molar-refractivity contribution is 6.03. The molecule has 0 spiro atoms. The van der Waals surface area contributed by atoms with E-state index < -0.39 is 0 Å². The number of benzene rings is 1. The van der Waals surface area contributed by atoms with Gasteiger partial charge in [-0.05, 0) is 24.1 Å². The standard InChI is InChI=1S/C17H10N4/c1-2-6-14-13(5-1)16-17(20-11-19-16)15(21-14)8-7-12-4-3-9-18-10-12/h1-6,9-11H,(H,19,20). The zero-order chi connectivity index (χ0) is 14.1. The molecule has 4 heteroatoms. The van der Waals surface area contributed by atoms with Crippen LogP contribution in [0.15, 0.2) is 55.1 Å². The monoisotopic (exact) mass is 270 g/mol. The topological polar surface area (TPSA) is 54.5 Å². The minimum absolute atomic E-state index is 0.699. The quantitative estimate of drug-likeness (QED) is 0.500. The zero-order valence-electron chi connectivity index (χ0n) is 11.0. The maximum absolute atomic E-state index is 4.63. The third kappa shape index (κ3) is 2.01. The number of fused-ring (bicyclic) bond motifs is 3. The predicted octanol–water partition coefficient (Wildman–Crippen LogP) is 2.91. The van der Waals surface area contributed by atoms with Crippen LogP contribution in [0.2, 0.25) is 0 Å². The molecule has 0 aliphatic carbocycles. The number of hydrogen-bond acceptors (Lipinski definition) is 3. The minimum atomic E-state index is 0.699. The Labute approximate surface area is 120 Å². The Bertz CT molecular complexity index is 991. The molecule has 0 atom stereocenters. The lowest BCUT2D eigenvalue weighted by atomic mass is 10.1. The van der Waals surface area contributed by atoms with Crippen LogP contribution in [0.1, 0.15) is 11.3 Å². The van der Waals surface area contributed by atoms with Gasteiger partial charge in [-0.15, -0.1) is 0 Å². The van der Waals surface area contributed by atoms with Crippen LogP contribution in [-0.2, 0) is 0 Å². The number of H-pyrrole nitrogens is 1. The summed E-state index contributed by atoms with van der Waals surface area (Å²) >= 11 is 0. The van der Waals surface area contributed by atoms with E-state index in [0.717, 1.165) is 27.5 Å². The van der Waals surface area contributed by atoms with Gasteiger partial charge in [0.25, 0.3) is 0 Å². The molecule has 21 heavy (non-hydrogen) atoms. The lowest BCUT2D eigenvalue weighted by molar-refractivity contribution is 1.31. The van der Waals surface area contributed by atoms with Crippen molar-refractivity contribution in [3.8, 4) is 11.8 Å². The lowest BCUT2D eigenvalue weighted by Crippen LogP contribution is -1.88. The predicted molar refractivity (Wildman–Crippen MR) is 81.6 cm³/mol. The van der Waals surface area contributed by atoms with Crippen molar-refractivity contribution >= 4 is 21.9 Å². The highest BCUT2D eigenvalue weighted by atomic mass is 14.9. The van der Waals surface area contributed by atoms with Crippen molar-refractivity contribution in [2.75, 3.05) is 0 Å². The van der Waals surface area contributed by atoms with Crippen molar-refractivity contribution in [2.24, 2.45) is 0 Å². The van der Waals surface area contributed by atoms with Crippen molar-refractivity contribution in [1.82, 2.24) is 19.9 Å². The minimum Gasteiger partial charge on any atom is -0.342 e. The van der Waals surface area contributed by atoms with Gasteiger partial charge in [0.1, 0.15) is 16.7 Å². The molecule has 0 saturated carbocycles. The van der Waals surface area contributed by atoms with Crippen LogP contribution in [0.25, 0.3) is 21.9 Å². The Morgan fingerprint density at radius 1 is 1.00 bits per heavy atom. The molecule has 0 unspecified atom stereocenters. The SMILES string of the molecule is C(#Cc1nc2ccccc2c2nc[nH]c12)c1cccnc1. The molecule has 0 saturated heterocycles. The highest BCUT2D eigenvalue weighted by Gasteiger charge is 2.08. The number of hydrogen-bond donors (Lipinski definition) is 1. The first kappa shape index (κ1) is 11.6. The molecular weight excluding hydrogens is 260 g/mol. The van der Waals surface area contributed by atoms with Crippen molar-refractivity contribution in [2.45, 2.75) is 0 Å². The third-order valence-electron chi connectivity index (χ3n) is 3.25. The van der Waals surface area contributed by atoms with E-state index in [0.29, 0.717) is 5.69 Å². The second-order valence-electron chi connectivity index (χ2n) is 4.60. The number of aromatic nitrogens is 4. The zero-order valence-corrected chi connectivity index (χ0v) is 11.0. The molecule has 0 aliphatic rings. The van der Waals surface area contributed by atoms with Crippen LogP contribution in [0.3, 0.4) is 0 Å². The molecule has 1 aromatic carbocycles. The van der Waals surface area contributed by atoms with Crippen molar-refractivity contribution in [3.63, 3.8) is 0 Å². The Morgan fingerprint density at radius 2 is 1.95 bits per heavy atom. The summed E-state index contributed by atoms with van der Waals surface area (Å²) in [6, 6.07) is 11.7. The fourth-order valence-corrected chi connectivity index (χ4v) is 2.29. The first-order valence-corrected chi connectivity index (χ1v) is 6.56. The molecule has 0 fully saturated rings. The number of para-hydroxylation sites is 1. The number of nitrogens with one attached hydrogen (secondary N) is 1. The number of nitrogens with zero attached hydrogens (tertiary/aromatic N) is 3. The first-order chi connectivity index (χ1) is 10.4. The van der Waals surface area contributed by atoms with Crippen LogP contribution in [0.4, 0.5) is 0 Å². The first-order valence-electron chi connectivity index (χ1n) is 6.56. The van der Waals surface area contributed by atoms with Gasteiger partial charge in [0.15, 0.2) is 0 Å². The fraction of sp³-hybridized carbons (Fsp3) is 0. The average Bonchev–Trinajstić information content (AvgIpc) is 3.04. The van der Waals surface area contributed by atoms with Crippen LogP contribution < -0.4 is 0 Å². The maximum atomic E-state index is 4.63. The maximum Gasteiger partial charge on any atom is 0.140 e. The summed E-state index contributed by atoms with van der Waals surface area (Å²) < 4.78 is 0. The lowest BCUT2D eigenvalue weighted by Gasteiger charge is -2.00. The van der Waals surface area contributed by atoms with Gasteiger partial charge in [-0.2, -0.15) is 0 Å². The van der Waals surface area contributed by atoms with E-state index in [9.17, 15) is 0 Å². The number of rotatable bonds is 0. The molecule has 4 nitrogen and oxygen atoms in total. The summed E-state index contributed by atoms with van der Waals surface area (Å²) in [5, 5.41) is 1.03. The van der Waals surface area contributed by atoms with Crippen molar-refractivity contribution < 1.29 is 0 Å². The molecule has 4 rings (SSSR count). The smallest absolute Gasteiger partial charge is 0.140 e. The Balaban J connectivity index is 1.96. The molecule has 0 radical (unpaired) electrons. The molecule has 0 bridgehead atoms. The van der Waals surface area contributed by atoms with E-state index in [-0.39, 0.29) is 0 Å². The largest absolute Gasteiger partial charge is 0.342 e. The molecular formula is C17H10N4. The summed E-state index contributed by atoms with van der Waals surface area (Å²) in [5.41, 5.74) is 4.22. The van der Waals surface area contributed by atoms with Gasteiger partial charge < -0.3 is 4.98 Å². The van der Waals surface area contributed by atoms with Gasteiger partial charge in [-0.3, -0.25) is 4.98 Å². The van der Waals surface area contributed by atoms with Gasteiger partial charge in [0.2, 0.25) is 0 Å². The van der Waals surface area contributed by atoms with E-state index in [1.54, 1.807) is 18.7 Å². The molecule has 3 aromatic heterocycles. The van der Waals surface area contributed by atoms with E-state index in [1.165, 1.54) is 0 Å². The molecule has 4 aromatic rings. The summed E-state index contributed by atoms with van der Waals surface area (Å²) in [6.45, 7) is 0. The molecule has 98 valence electrons. The highest BCUT2D eigenvalue weighted by Crippen LogP contribution is 2.22. The third-order valence-corrected chi connectivity index (χ3v) is 3.25. The van der Waals surface area contributed by atoms with E-state index in [4.69, 9.17) is 0 Å². The van der Waals surface area contributed by atoms with Crippen LogP contribution in [0, 0.1) is 11.8 Å². The Morgan fingerprint density at radius 3 is 2.86 bits per heavy atom. The second-order valence-corrected chi connectivity index (χ2v) is 4.60. The van der Waals surface area contributed by atoms with Crippen LogP contribution in [-0.4, -0.2) is 19.9 Å². The average molecular weight is 270 g/mol. The summed E-state index contributed by atoms with van der Waals surface area (Å²) in [4.78, 5) is 16.2. The Hall–Kier alpha value is -3.19. The van der Waals surface area contributed by atoms with Gasteiger partial charge in [0.05, 0.1) is 11.8 Å². The van der Waals surface area contributed by atoms with Crippen molar-refractivity contribution in [3.05, 3.63) is 66.4 Å². The van der Waals surface area contributed by atoms with E-state index in [1.807, 2.05) is 36.4 Å². The van der Waals surface area contributed by atoms with Gasteiger partial charge in [0, 0.05) is 23.3 Å². The summed E-state index contributed by atoms with van der Waals surface area (Å²) in [7, 11) is 0. The number of aromatic amines is 1. The number of pyridine rings is 2. The summed E-state index contributed by atoms with van der Waals surface area (Å²) in [5.74, 6) is 6.19. The molecule has 0 amide bonds. The molecule has 1 N–H and O–H groups in total. The van der Waals surface area contributed by atoms with Crippen molar-refractivity contribution in [1.29, 1.82) is 0 Å². The van der Waals surface area contributed by atoms with E-state index in [2.05, 4.69) is 31.8 Å². The Kier molecular flexibility index (Phi) is 2.62. The normalized spacial score (nSPS) is 10.5. The van der Waals surface area contributed by atoms with Crippen LogP contribution in [0.5, 0.6) is 0 Å². The molecule has 0 aliphatic heterocycles. The van der Waals surface area contributed by atoms with Gasteiger partial charge in [-0.1, -0.05) is 24.1 Å². The van der Waals surface area contributed by atoms with Crippen LogP contribution >= 0.6 is 0 Å². The summed E-state index contributed by atoms with van der Waals surface area (Å²) in [6.07, 6.45) is 5.14. The number of imidazole rings is 1. The van der Waals surface area contributed by atoms with Gasteiger partial charge >= 0.3 is 0 Å². The van der Waals surface area contributed by atoms with E-state index >= 15 is 0 Å². The molecule has 3 heterocycles. The fourth-order valence-electron chi connectivity index (χ4n) is 2.29. The van der Waals surface area contributed by atoms with Gasteiger partial charge in [-0.25, -0.2) is 9.97 Å².